The molecule has 0 fully saturated rings. The Kier molecular flexibility index (Phi) is 5.16. The predicted octanol–water partition coefficient (Wildman–Crippen LogP) is 3.83. The smallest absolute Gasteiger partial charge is 0.268 e. The number of ether oxygens (including phenoxy) is 1. The van der Waals surface area contributed by atoms with Crippen LogP contribution in [0.2, 0.25) is 0 Å². The number of halogens is 1. The Morgan fingerprint density at radius 1 is 1.23 bits per heavy atom. The minimum Gasteiger partial charge on any atom is -0.495 e. The molecular formula is C19H15BrN2O3S. The maximum Gasteiger partial charge on any atom is 0.268 e. The number of nitrogens with zero attached hydrogens (tertiary/aromatic N) is 2. The Morgan fingerprint density at radius 3 is 2.73 bits per heavy atom. The molecule has 0 aliphatic carbocycles. The van der Waals surface area contributed by atoms with Crippen LogP contribution < -0.4 is 9.04 Å². The van der Waals surface area contributed by atoms with Gasteiger partial charge in [0.1, 0.15) is 10.6 Å². The van der Waals surface area contributed by atoms with Crippen molar-refractivity contribution in [3.05, 3.63) is 59.2 Å². The zero-order valence-corrected chi connectivity index (χ0v) is 16.3. The summed E-state index contributed by atoms with van der Waals surface area (Å²) in [6.07, 6.45) is 6.94. The van der Waals surface area contributed by atoms with E-state index in [0.717, 1.165) is 15.2 Å². The summed E-state index contributed by atoms with van der Waals surface area (Å²) in [6, 6.07) is 14.0. The molecule has 7 heteroatoms. The fraction of sp³-hybridized carbons (Fsp3) is 0.105. The molecule has 0 atom stereocenters. The second kappa shape index (κ2) is 7.36. The SMILES string of the molecule is C#CCN(c1cnc2ccccc2c1)S(=O)(=O)c1cc(Br)ccc1OC. The molecule has 0 unspecified atom stereocenters. The average molecular weight is 431 g/mol. The summed E-state index contributed by atoms with van der Waals surface area (Å²) in [4.78, 5) is 4.36. The molecule has 132 valence electrons. The zero-order chi connectivity index (χ0) is 18.7. The number of anilines is 1. The van der Waals surface area contributed by atoms with Gasteiger partial charge < -0.3 is 4.74 Å². The monoisotopic (exact) mass is 430 g/mol. The third-order valence-electron chi connectivity index (χ3n) is 3.79. The van der Waals surface area contributed by atoms with Crippen molar-refractivity contribution in [3.8, 4) is 18.1 Å². The highest BCUT2D eigenvalue weighted by Gasteiger charge is 2.28. The molecule has 0 spiro atoms. The normalized spacial score (nSPS) is 11.1. The molecule has 3 rings (SSSR count). The maximum absolute atomic E-state index is 13.3. The molecule has 2 aromatic carbocycles. The lowest BCUT2D eigenvalue weighted by Crippen LogP contribution is -2.31. The highest BCUT2D eigenvalue weighted by Crippen LogP contribution is 2.32. The molecule has 26 heavy (non-hydrogen) atoms. The van der Waals surface area contributed by atoms with E-state index in [1.807, 2.05) is 24.3 Å². The number of sulfonamides is 1. The number of benzene rings is 2. The first-order valence-corrected chi connectivity index (χ1v) is 9.85. The lowest BCUT2D eigenvalue weighted by atomic mass is 10.2. The Bertz CT molecular complexity index is 1110. The molecule has 1 aromatic heterocycles. The Labute approximate surface area is 160 Å². The van der Waals surface area contributed by atoms with Crippen LogP contribution in [0.4, 0.5) is 5.69 Å². The van der Waals surface area contributed by atoms with Gasteiger partial charge in [0.25, 0.3) is 10.0 Å². The van der Waals surface area contributed by atoms with Gasteiger partial charge in [-0.25, -0.2) is 8.42 Å². The zero-order valence-electron chi connectivity index (χ0n) is 13.9. The average Bonchev–Trinajstić information content (AvgIpc) is 2.65. The first kappa shape index (κ1) is 18.2. The molecule has 0 aliphatic rings. The van der Waals surface area contributed by atoms with E-state index in [9.17, 15) is 8.42 Å². The van der Waals surface area contributed by atoms with Crippen molar-refractivity contribution >= 4 is 42.5 Å². The minimum atomic E-state index is -3.95. The summed E-state index contributed by atoms with van der Waals surface area (Å²) in [7, 11) is -2.53. The standard InChI is InChI=1S/C19H15BrN2O3S/c1-3-10-22(16-11-14-6-4-5-7-17(14)21-13-16)26(23,24)19-12-15(20)8-9-18(19)25-2/h1,4-9,11-13H,10H2,2H3. The van der Waals surface area contributed by atoms with Crippen molar-refractivity contribution in [2.75, 3.05) is 18.0 Å². The first-order valence-electron chi connectivity index (χ1n) is 7.62. The summed E-state index contributed by atoms with van der Waals surface area (Å²) in [5.41, 5.74) is 1.16. The van der Waals surface area contributed by atoms with Crippen LogP contribution in [0.5, 0.6) is 5.75 Å². The third kappa shape index (κ3) is 3.39. The van der Waals surface area contributed by atoms with Gasteiger partial charge in [0.15, 0.2) is 0 Å². The number of aromatic nitrogens is 1. The summed E-state index contributed by atoms with van der Waals surface area (Å²) >= 11 is 3.30. The van der Waals surface area contributed by atoms with Gasteiger partial charge in [-0.3, -0.25) is 9.29 Å². The highest BCUT2D eigenvalue weighted by atomic mass is 79.9. The molecule has 0 saturated heterocycles. The van der Waals surface area contributed by atoms with Gasteiger partial charge >= 0.3 is 0 Å². The molecule has 5 nitrogen and oxygen atoms in total. The topological polar surface area (TPSA) is 59.5 Å². The highest BCUT2D eigenvalue weighted by molar-refractivity contribution is 9.10. The summed E-state index contributed by atoms with van der Waals surface area (Å²) in [5.74, 6) is 2.65. The van der Waals surface area contributed by atoms with Crippen LogP contribution in [0.15, 0.2) is 64.1 Å². The van der Waals surface area contributed by atoms with Crippen LogP contribution >= 0.6 is 15.9 Å². The molecule has 0 radical (unpaired) electrons. The number of pyridine rings is 1. The van der Waals surface area contributed by atoms with E-state index >= 15 is 0 Å². The van der Waals surface area contributed by atoms with Crippen LogP contribution in [-0.4, -0.2) is 27.1 Å². The fourth-order valence-corrected chi connectivity index (χ4v) is 4.62. The van der Waals surface area contributed by atoms with Gasteiger partial charge in [-0.2, -0.15) is 0 Å². The molecule has 0 saturated carbocycles. The number of hydrogen-bond acceptors (Lipinski definition) is 4. The van der Waals surface area contributed by atoms with E-state index in [0.29, 0.717) is 10.2 Å². The van der Waals surface area contributed by atoms with Gasteiger partial charge in [-0.1, -0.05) is 40.0 Å². The molecule has 0 amide bonds. The number of methoxy groups -OCH3 is 1. The second-order valence-corrected chi connectivity index (χ2v) is 8.14. The summed E-state index contributed by atoms with van der Waals surface area (Å²) in [5, 5.41) is 0.823. The lowest BCUT2D eigenvalue weighted by molar-refractivity contribution is 0.402. The van der Waals surface area contributed by atoms with E-state index < -0.39 is 10.0 Å². The van der Waals surface area contributed by atoms with Crippen molar-refractivity contribution in [3.63, 3.8) is 0 Å². The van der Waals surface area contributed by atoms with Crippen LogP contribution in [0, 0.1) is 12.3 Å². The van der Waals surface area contributed by atoms with E-state index in [2.05, 4.69) is 26.8 Å². The molecular weight excluding hydrogens is 416 g/mol. The van der Waals surface area contributed by atoms with Crippen LogP contribution in [0.3, 0.4) is 0 Å². The van der Waals surface area contributed by atoms with E-state index in [-0.39, 0.29) is 17.2 Å². The number of para-hydroxylation sites is 1. The summed E-state index contributed by atoms with van der Waals surface area (Å²) < 4.78 is 33.6. The number of terminal acetylenes is 1. The van der Waals surface area contributed by atoms with E-state index in [1.54, 1.807) is 18.2 Å². The Hall–Kier alpha value is -2.56. The maximum atomic E-state index is 13.3. The lowest BCUT2D eigenvalue weighted by Gasteiger charge is -2.23. The number of fused-ring (bicyclic) bond motifs is 1. The fourth-order valence-electron chi connectivity index (χ4n) is 2.56. The van der Waals surface area contributed by atoms with Gasteiger partial charge in [-0.15, -0.1) is 6.42 Å². The van der Waals surface area contributed by atoms with Crippen molar-refractivity contribution in [1.29, 1.82) is 0 Å². The van der Waals surface area contributed by atoms with Crippen molar-refractivity contribution < 1.29 is 13.2 Å². The number of rotatable bonds is 5. The first-order chi connectivity index (χ1) is 12.5. The molecule has 0 aliphatic heterocycles. The van der Waals surface area contributed by atoms with Crippen LogP contribution in [0.25, 0.3) is 10.9 Å². The molecule has 1 heterocycles. The predicted molar refractivity (Wildman–Crippen MR) is 106 cm³/mol. The Morgan fingerprint density at radius 2 is 2.00 bits per heavy atom. The largest absolute Gasteiger partial charge is 0.495 e. The molecule has 0 N–H and O–H groups in total. The van der Waals surface area contributed by atoms with Crippen LogP contribution in [0.1, 0.15) is 0 Å². The Balaban J connectivity index is 2.17. The van der Waals surface area contributed by atoms with Crippen molar-refractivity contribution in [2.45, 2.75) is 4.90 Å². The van der Waals surface area contributed by atoms with E-state index in [1.165, 1.54) is 19.4 Å². The second-order valence-electron chi connectivity index (χ2n) is 5.40. The van der Waals surface area contributed by atoms with Gasteiger partial charge in [0, 0.05) is 9.86 Å². The van der Waals surface area contributed by atoms with Gasteiger partial charge in [-0.05, 0) is 30.3 Å². The van der Waals surface area contributed by atoms with Gasteiger partial charge in [0.2, 0.25) is 0 Å². The summed E-state index contributed by atoms with van der Waals surface area (Å²) in [6.45, 7) is -0.127. The van der Waals surface area contributed by atoms with Crippen molar-refractivity contribution in [2.24, 2.45) is 0 Å². The van der Waals surface area contributed by atoms with Crippen molar-refractivity contribution in [1.82, 2.24) is 4.98 Å². The number of hydrogen-bond donors (Lipinski definition) is 0. The third-order valence-corrected chi connectivity index (χ3v) is 6.08. The van der Waals surface area contributed by atoms with E-state index in [4.69, 9.17) is 11.2 Å². The minimum absolute atomic E-state index is 0.0257. The van der Waals surface area contributed by atoms with Gasteiger partial charge in [0.05, 0.1) is 31.1 Å². The molecule has 3 aromatic rings. The van der Waals surface area contributed by atoms with Crippen LogP contribution in [-0.2, 0) is 10.0 Å². The molecule has 0 bridgehead atoms. The quantitative estimate of drug-likeness (QED) is 0.577.